The van der Waals surface area contributed by atoms with Crippen molar-refractivity contribution >= 4 is 11.9 Å². The van der Waals surface area contributed by atoms with Gasteiger partial charge in [0.25, 0.3) is 0 Å². The standard InChI is InChI=1S/C12H18N4O2/c1-2-10-14-15-12(18-10)16-6-5-9(7-16)13-11(17)8-3-4-8/h8-9H,2-7H2,1H3,(H,13,17)/t9-/m0/s1. The molecule has 1 N–H and O–H groups in total. The van der Waals surface area contributed by atoms with Gasteiger partial charge >= 0.3 is 6.01 Å². The quantitative estimate of drug-likeness (QED) is 0.853. The fraction of sp³-hybridized carbons (Fsp3) is 0.750. The first-order valence-electron chi connectivity index (χ1n) is 6.64. The van der Waals surface area contributed by atoms with Crippen molar-refractivity contribution in [1.29, 1.82) is 0 Å². The third-order valence-electron chi connectivity index (χ3n) is 3.51. The lowest BCUT2D eigenvalue weighted by molar-refractivity contribution is -0.122. The number of nitrogens with one attached hydrogen (secondary N) is 1. The minimum Gasteiger partial charge on any atom is -0.408 e. The van der Waals surface area contributed by atoms with E-state index < -0.39 is 0 Å². The number of aryl methyl sites for hydroxylation is 1. The molecule has 1 amide bonds. The molecule has 2 fully saturated rings. The van der Waals surface area contributed by atoms with Crippen LogP contribution in [0.3, 0.4) is 0 Å². The van der Waals surface area contributed by atoms with Gasteiger partial charge in [-0.05, 0) is 19.3 Å². The average Bonchev–Trinajstić information content (AvgIpc) is 2.95. The van der Waals surface area contributed by atoms with Crippen LogP contribution < -0.4 is 10.2 Å². The highest BCUT2D eigenvalue weighted by Gasteiger charge is 2.33. The number of nitrogens with zero attached hydrogens (tertiary/aromatic N) is 3. The predicted molar refractivity (Wildman–Crippen MR) is 65.2 cm³/mol. The number of anilines is 1. The minimum absolute atomic E-state index is 0.210. The summed E-state index contributed by atoms with van der Waals surface area (Å²) in [6, 6.07) is 0.796. The molecule has 1 aromatic rings. The lowest BCUT2D eigenvalue weighted by Gasteiger charge is -2.14. The lowest BCUT2D eigenvalue weighted by atomic mass is 10.2. The molecule has 1 aromatic heterocycles. The first-order chi connectivity index (χ1) is 8.76. The molecule has 0 unspecified atom stereocenters. The largest absolute Gasteiger partial charge is 0.408 e. The van der Waals surface area contributed by atoms with Crippen LogP contribution in [-0.4, -0.2) is 35.2 Å². The third kappa shape index (κ3) is 2.32. The zero-order chi connectivity index (χ0) is 12.5. The number of rotatable bonds is 4. The topological polar surface area (TPSA) is 71.3 Å². The molecule has 0 bridgehead atoms. The summed E-state index contributed by atoms with van der Waals surface area (Å²) in [5.41, 5.74) is 0. The van der Waals surface area contributed by atoms with Gasteiger partial charge in [0.1, 0.15) is 0 Å². The van der Waals surface area contributed by atoms with Gasteiger partial charge in [0.2, 0.25) is 11.8 Å². The van der Waals surface area contributed by atoms with Crippen LogP contribution >= 0.6 is 0 Å². The molecule has 2 heterocycles. The molecule has 3 rings (SSSR count). The highest BCUT2D eigenvalue weighted by molar-refractivity contribution is 5.81. The number of hydrogen-bond acceptors (Lipinski definition) is 5. The molecule has 6 nitrogen and oxygen atoms in total. The van der Waals surface area contributed by atoms with Gasteiger partial charge in [-0.1, -0.05) is 12.0 Å². The van der Waals surface area contributed by atoms with E-state index in [1.165, 1.54) is 0 Å². The van der Waals surface area contributed by atoms with Crippen molar-refractivity contribution in [3.8, 4) is 0 Å². The molecular formula is C12H18N4O2. The fourth-order valence-corrected chi connectivity index (χ4v) is 2.23. The van der Waals surface area contributed by atoms with Crippen LogP contribution in [0.1, 0.15) is 32.1 Å². The van der Waals surface area contributed by atoms with Gasteiger partial charge < -0.3 is 14.6 Å². The number of carbonyl (C=O) groups excluding carboxylic acids is 1. The molecule has 0 aromatic carbocycles. The Hall–Kier alpha value is -1.59. The maximum absolute atomic E-state index is 11.7. The van der Waals surface area contributed by atoms with Crippen LogP contribution in [-0.2, 0) is 11.2 Å². The monoisotopic (exact) mass is 250 g/mol. The van der Waals surface area contributed by atoms with E-state index in [2.05, 4.69) is 15.5 Å². The maximum Gasteiger partial charge on any atom is 0.318 e. The first-order valence-corrected chi connectivity index (χ1v) is 6.64. The van der Waals surface area contributed by atoms with Crippen LogP contribution in [0.4, 0.5) is 6.01 Å². The molecule has 0 spiro atoms. The summed E-state index contributed by atoms with van der Waals surface area (Å²) in [6.45, 7) is 3.62. The molecule has 1 aliphatic carbocycles. The fourth-order valence-electron chi connectivity index (χ4n) is 2.23. The molecule has 0 radical (unpaired) electrons. The van der Waals surface area contributed by atoms with Gasteiger partial charge in [-0.2, -0.15) is 0 Å². The summed E-state index contributed by atoms with van der Waals surface area (Å²) in [7, 11) is 0. The second-order valence-electron chi connectivity index (χ2n) is 5.05. The Morgan fingerprint density at radius 3 is 2.94 bits per heavy atom. The van der Waals surface area contributed by atoms with Crippen LogP contribution in [0.25, 0.3) is 0 Å². The van der Waals surface area contributed by atoms with Crippen molar-refractivity contribution in [2.45, 2.75) is 38.6 Å². The molecule has 1 aliphatic heterocycles. The first kappa shape index (κ1) is 11.5. The van der Waals surface area contributed by atoms with Crippen molar-refractivity contribution in [1.82, 2.24) is 15.5 Å². The summed E-state index contributed by atoms with van der Waals surface area (Å²) < 4.78 is 5.52. The summed E-state index contributed by atoms with van der Waals surface area (Å²) in [4.78, 5) is 13.7. The zero-order valence-electron chi connectivity index (χ0n) is 10.6. The van der Waals surface area contributed by atoms with E-state index in [-0.39, 0.29) is 17.9 Å². The lowest BCUT2D eigenvalue weighted by Crippen LogP contribution is -2.38. The van der Waals surface area contributed by atoms with Crippen LogP contribution in [0.2, 0.25) is 0 Å². The number of amides is 1. The van der Waals surface area contributed by atoms with Gasteiger partial charge in [-0.15, -0.1) is 5.10 Å². The van der Waals surface area contributed by atoms with Gasteiger partial charge in [0, 0.05) is 31.5 Å². The van der Waals surface area contributed by atoms with Gasteiger partial charge in [0.05, 0.1) is 0 Å². The summed E-state index contributed by atoms with van der Waals surface area (Å²) >= 11 is 0. The van der Waals surface area contributed by atoms with E-state index in [0.29, 0.717) is 11.9 Å². The highest BCUT2D eigenvalue weighted by Crippen LogP contribution is 2.29. The summed E-state index contributed by atoms with van der Waals surface area (Å²) in [6.07, 6.45) is 3.79. The molecule has 2 aliphatic rings. The van der Waals surface area contributed by atoms with Crippen LogP contribution in [0.5, 0.6) is 0 Å². The van der Waals surface area contributed by atoms with Crippen LogP contribution in [0.15, 0.2) is 4.42 Å². The van der Waals surface area contributed by atoms with E-state index in [9.17, 15) is 4.79 Å². The highest BCUT2D eigenvalue weighted by atomic mass is 16.4. The average molecular weight is 250 g/mol. The second-order valence-corrected chi connectivity index (χ2v) is 5.05. The van der Waals surface area contributed by atoms with E-state index in [4.69, 9.17) is 4.42 Å². The van der Waals surface area contributed by atoms with Crippen molar-refractivity contribution in [2.75, 3.05) is 18.0 Å². The molecule has 1 saturated carbocycles. The Kier molecular flexibility index (Phi) is 2.93. The molecule has 1 atom stereocenters. The van der Waals surface area contributed by atoms with Gasteiger partial charge in [0.15, 0.2) is 0 Å². The third-order valence-corrected chi connectivity index (χ3v) is 3.51. The Morgan fingerprint density at radius 2 is 2.28 bits per heavy atom. The van der Waals surface area contributed by atoms with E-state index in [0.717, 1.165) is 38.8 Å². The minimum atomic E-state index is 0.210. The summed E-state index contributed by atoms with van der Waals surface area (Å²) in [5.74, 6) is 1.14. The van der Waals surface area contributed by atoms with E-state index in [1.54, 1.807) is 0 Å². The number of aromatic nitrogens is 2. The Bertz CT molecular complexity index is 441. The van der Waals surface area contributed by atoms with Crippen molar-refractivity contribution in [3.63, 3.8) is 0 Å². The van der Waals surface area contributed by atoms with Gasteiger partial charge in [-0.25, -0.2) is 0 Å². The van der Waals surface area contributed by atoms with Crippen molar-refractivity contribution < 1.29 is 9.21 Å². The van der Waals surface area contributed by atoms with E-state index >= 15 is 0 Å². The second kappa shape index (κ2) is 4.59. The predicted octanol–water partition coefficient (Wildman–Crippen LogP) is 0.737. The van der Waals surface area contributed by atoms with E-state index in [1.807, 2.05) is 11.8 Å². The normalized spacial score (nSPS) is 23.4. The van der Waals surface area contributed by atoms with Crippen molar-refractivity contribution in [3.05, 3.63) is 5.89 Å². The number of carbonyl (C=O) groups is 1. The molecule has 18 heavy (non-hydrogen) atoms. The summed E-state index contributed by atoms with van der Waals surface area (Å²) in [5, 5.41) is 11.1. The molecule has 98 valence electrons. The number of hydrogen-bond donors (Lipinski definition) is 1. The van der Waals surface area contributed by atoms with Crippen molar-refractivity contribution in [2.24, 2.45) is 5.92 Å². The smallest absolute Gasteiger partial charge is 0.318 e. The molecule has 1 saturated heterocycles. The Balaban J connectivity index is 1.55. The zero-order valence-corrected chi connectivity index (χ0v) is 10.6. The Morgan fingerprint density at radius 1 is 1.44 bits per heavy atom. The molecule has 6 heteroatoms. The Labute approximate surface area is 106 Å². The van der Waals surface area contributed by atoms with Crippen LogP contribution in [0, 0.1) is 5.92 Å². The van der Waals surface area contributed by atoms with Gasteiger partial charge in [-0.3, -0.25) is 4.79 Å². The SMILES string of the molecule is CCc1nnc(N2CC[C@H](NC(=O)C3CC3)C2)o1. The maximum atomic E-state index is 11.7. The molecular weight excluding hydrogens is 232 g/mol.